The molecule has 0 bridgehead atoms. The maximum atomic E-state index is 5.91. The number of nitrogens with one attached hydrogen (secondary N) is 1. The van der Waals surface area contributed by atoms with E-state index < -0.39 is 0 Å². The first kappa shape index (κ1) is 15.3. The molecule has 1 fully saturated rings. The van der Waals surface area contributed by atoms with Gasteiger partial charge in [-0.3, -0.25) is 4.90 Å². The van der Waals surface area contributed by atoms with Crippen LogP contribution in [0.5, 0.6) is 5.88 Å². The molecule has 1 aliphatic rings. The topological polar surface area (TPSA) is 37.4 Å². The number of aromatic nitrogens is 1. The molecule has 0 amide bonds. The first-order valence-electron chi connectivity index (χ1n) is 7.84. The summed E-state index contributed by atoms with van der Waals surface area (Å²) in [6.45, 7) is 9.52. The monoisotopic (exact) mass is 277 g/mol. The molecule has 1 unspecified atom stereocenters. The van der Waals surface area contributed by atoms with E-state index in [1.165, 1.54) is 25.9 Å². The van der Waals surface area contributed by atoms with E-state index in [2.05, 4.69) is 35.1 Å². The summed E-state index contributed by atoms with van der Waals surface area (Å²) in [6.07, 6.45) is 5.59. The van der Waals surface area contributed by atoms with E-state index in [0.29, 0.717) is 0 Å². The van der Waals surface area contributed by atoms with Crippen molar-refractivity contribution < 1.29 is 4.74 Å². The van der Waals surface area contributed by atoms with Crippen LogP contribution in [-0.4, -0.2) is 42.7 Å². The molecular formula is C16H27N3O. The van der Waals surface area contributed by atoms with Crippen molar-refractivity contribution in [2.45, 2.75) is 39.2 Å². The molecule has 1 aromatic heterocycles. The molecule has 0 aromatic carbocycles. The van der Waals surface area contributed by atoms with Gasteiger partial charge in [0.2, 0.25) is 5.88 Å². The first-order chi connectivity index (χ1) is 9.81. The zero-order valence-corrected chi connectivity index (χ0v) is 12.8. The van der Waals surface area contributed by atoms with Crippen molar-refractivity contribution in [2.24, 2.45) is 0 Å². The van der Waals surface area contributed by atoms with Gasteiger partial charge in [-0.05, 0) is 51.9 Å². The zero-order valence-electron chi connectivity index (χ0n) is 12.8. The number of likely N-dealkylation sites (tertiary alicyclic amines) is 1. The van der Waals surface area contributed by atoms with Gasteiger partial charge in [-0.25, -0.2) is 4.98 Å². The summed E-state index contributed by atoms with van der Waals surface area (Å²) in [4.78, 5) is 6.85. The third-order valence-electron chi connectivity index (χ3n) is 3.81. The lowest BCUT2D eigenvalue weighted by Crippen LogP contribution is -2.26. The molecule has 2 rings (SSSR count). The Morgan fingerprint density at radius 1 is 1.40 bits per heavy atom. The van der Waals surface area contributed by atoms with E-state index in [1.807, 2.05) is 6.07 Å². The third-order valence-corrected chi connectivity index (χ3v) is 3.81. The fourth-order valence-electron chi connectivity index (χ4n) is 2.60. The predicted molar refractivity (Wildman–Crippen MR) is 82.1 cm³/mol. The molecule has 1 N–H and O–H groups in total. The zero-order chi connectivity index (χ0) is 14.2. The highest BCUT2D eigenvalue weighted by atomic mass is 16.5. The second-order valence-corrected chi connectivity index (χ2v) is 5.47. The second kappa shape index (κ2) is 8.22. The molecule has 0 radical (unpaired) electrons. The fraction of sp³-hybridized carbons (Fsp3) is 0.688. The van der Waals surface area contributed by atoms with E-state index >= 15 is 0 Å². The van der Waals surface area contributed by atoms with Gasteiger partial charge in [-0.2, -0.15) is 0 Å². The Balaban J connectivity index is 1.86. The van der Waals surface area contributed by atoms with Gasteiger partial charge in [0, 0.05) is 24.3 Å². The number of hydrogen-bond acceptors (Lipinski definition) is 4. The largest absolute Gasteiger partial charge is 0.476 e. The van der Waals surface area contributed by atoms with Gasteiger partial charge in [0.25, 0.3) is 0 Å². The molecule has 112 valence electrons. The van der Waals surface area contributed by atoms with Gasteiger partial charge in [0.05, 0.1) is 0 Å². The Labute approximate surface area is 122 Å². The molecule has 1 atom stereocenters. The highest BCUT2D eigenvalue weighted by molar-refractivity contribution is 5.28. The van der Waals surface area contributed by atoms with Crippen LogP contribution in [0.15, 0.2) is 18.3 Å². The molecule has 0 spiro atoms. The average Bonchev–Trinajstić information content (AvgIpc) is 2.98. The Kier molecular flexibility index (Phi) is 6.27. The molecule has 1 aliphatic heterocycles. The van der Waals surface area contributed by atoms with Crippen LogP contribution in [0.3, 0.4) is 0 Å². The lowest BCUT2D eigenvalue weighted by Gasteiger charge is -2.19. The molecule has 0 saturated carbocycles. The van der Waals surface area contributed by atoms with Crippen LogP contribution in [0.1, 0.15) is 44.7 Å². The summed E-state index contributed by atoms with van der Waals surface area (Å²) in [5.74, 6) is 0.780. The van der Waals surface area contributed by atoms with E-state index in [-0.39, 0.29) is 6.04 Å². The summed E-state index contributed by atoms with van der Waals surface area (Å²) in [7, 11) is 0. The molecular weight excluding hydrogens is 250 g/mol. The molecule has 4 nitrogen and oxygen atoms in total. The van der Waals surface area contributed by atoms with Gasteiger partial charge >= 0.3 is 0 Å². The van der Waals surface area contributed by atoms with Crippen molar-refractivity contribution in [3.05, 3.63) is 23.9 Å². The van der Waals surface area contributed by atoms with Crippen LogP contribution >= 0.6 is 0 Å². The Morgan fingerprint density at radius 3 is 2.95 bits per heavy atom. The lowest BCUT2D eigenvalue weighted by molar-refractivity contribution is 0.229. The van der Waals surface area contributed by atoms with Crippen molar-refractivity contribution in [3.63, 3.8) is 0 Å². The molecule has 1 saturated heterocycles. The normalized spacial score (nSPS) is 17.3. The second-order valence-electron chi connectivity index (χ2n) is 5.47. The minimum absolute atomic E-state index is 0.283. The van der Waals surface area contributed by atoms with E-state index in [1.54, 1.807) is 6.20 Å². The average molecular weight is 277 g/mol. The lowest BCUT2D eigenvalue weighted by atomic mass is 10.1. The van der Waals surface area contributed by atoms with Crippen LogP contribution in [-0.2, 0) is 0 Å². The SMILES string of the molecule is CCCNC(C)c1cccnc1OCCN1CCCC1. The highest BCUT2D eigenvalue weighted by Crippen LogP contribution is 2.22. The van der Waals surface area contributed by atoms with E-state index in [4.69, 9.17) is 4.74 Å². The summed E-state index contributed by atoms with van der Waals surface area (Å²) in [5, 5.41) is 3.49. The van der Waals surface area contributed by atoms with Gasteiger partial charge in [-0.1, -0.05) is 13.0 Å². The molecule has 4 heteroatoms. The summed E-state index contributed by atoms with van der Waals surface area (Å²) in [6, 6.07) is 4.36. The van der Waals surface area contributed by atoms with Gasteiger partial charge < -0.3 is 10.1 Å². The van der Waals surface area contributed by atoms with Gasteiger partial charge in [-0.15, -0.1) is 0 Å². The van der Waals surface area contributed by atoms with Crippen LogP contribution in [0.2, 0.25) is 0 Å². The molecule has 20 heavy (non-hydrogen) atoms. The Hall–Kier alpha value is -1.13. The Morgan fingerprint density at radius 2 is 2.20 bits per heavy atom. The third kappa shape index (κ3) is 4.46. The van der Waals surface area contributed by atoms with Crippen molar-refractivity contribution >= 4 is 0 Å². The Bertz CT molecular complexity index is 391. The minimum Gasteiger partial charge on any atom is -0.476 e. The fourth-order valence-corrected chi connectivity index (χ4v) is 2.60. The van der Waals surface area contributed by atoms with Gasteiger partial charge in [0.15, 0.2) is 0 Å². The van der Waals surface area contributed by atoms with Crippen LogP contribution < -0.4 is 10.1 Å². The smallest absolute Gasteiger partial charge is 0.218 e. The van der Waals surface area contributed by atoms with Crippen LogP contribution in [0, 0.1) is 0 Å². The summed E-state index contributed by atoms with van der Waals surface area (Å²) < 4.78 is 5.91. The molecule has 0 aliphatic carbocycles. The van der Waals surface area contributed by atoms with Gasteiger partial charge in [0.1, 0.15) is 6.61 Å². The number of hydrogen-bond donors (Lipinski definition) is 1. The quantitative estimate of drug-likeness (QED) is 0.792. The number of pyridine rings is 1. The summed E-state index contributed by atoms with van der Waals surface area (Å²) in [5.41, 5.74) is 1.15. The standard InChI is InChI=1S/C16H27N3O/c1-3-8-17-14(2)15-7-6-9-18-16(15)20-13-12-19-10-4-5-11-19/h6-7,9,14,17H,3-5,8,10-13H2,1-2H3. The van der Waals surface area contributed by atoms with Crippen molar-refractivity contribution in [2.75, 3.05) is 32.8 Å². The maximum Gasteiger partial charge on any atom is 0.218 e. The number of nitrogens with zero attached hydrogens (tertiary/aromatic N) is 2. The van der Waals surface area contributed by atoms with E-state index in [9.17, 15) is 0 Å². The predicted octanol–water partition coefficient (Wildman–Crippen LogP) is 2.62. The van der Waals surface area contributed by atoms with Crippen LogP contribution in [0.25, 0.3) is 0 Å². The first-order valence-corrected chi connectivity index (χ1v) is 7.84. The van der Waals surface area contributed by atoms with Crippen molar-refractivity contribution in [1.29, 1.82) is 0 Å². The highest BCUT2D eigenvalue weighted by Gasteiger charge is 2.14. The van der Waals surface area contributed by atoms with E-state index in [0.717, 1.165) is 37.6 Å². The minimum atomic E-state index is 0.283. The maximum absolute atomic E-state index is 5.91. The molecule has 1 aromatic rings. The van der Waals surface area contributed by atoms with Crippen LogP contribution in [0.4, 0.5) is 0 Å². The number of rotatable bonds is 8. The van der Waals surface area contributed by atoms with Crippen molar-refractivity contribution in [3.8, 4) is 5.88 Å². The van der Waals surface area contributed by atoms with Crippen molar-refractivity contribution in [1.82, 2.24) is 15.2 Å². The molecule has 2 heterocycles. The summed E-state index contributed by atoms with van der Waals surface area (Å²) >= 11 is 0. The number of ether oxygens (including phenoxy) is 1.